The zero-order valence-electron chi connectivity index (χ0n) is 15.2. The van der Waals surface area contributed by atoms with Crippen LogP contribution in [0.15, 0.2) is 61.1 Å². The van der Waals surface area contributed by atoms with Gasteiger partial charge in [-0.2, -0.15) is 4.98 Å². The molecule has 0 bridgehead atoms. The summed E-state index contributed by atoms with van der Waals surface area (Å²) in [4.78, 5) is 20.0. The van der Waals surface area contributed by atoms with Crippen LogP contribution in [0.2, 0.25) is 5.02 Å². The molecule has 7 nitrogen and oxygen atoms in total. The maximum absolute atomic E-state index is 11.4. The summed E-state index contributed by atoms with van der Waals surface area (Å²) in [6, 6.07) is 13.8. The second-order valence-corrected chi connectivity index (χ2v) is 6.83. The van der Waals surface area contributed by atoms with Gasteiger partial charge in [-0.1, -0.05) is 29.8 Å². The molecule has 2 aromatic heterocycles. The molecular weight excluding hydrogens is 392 g/mol. The third-order valence-electron chi connectivity index (χ3n) is 4.57. The molecule has 0 amide bonds. The molecule has 0 fully saturated rings. The smallest absolute Gasteiger partial charge is 0.335 e. The largest absolute Gasteiger partial charge is 0.478 e. The quantitative estimate of drug-likeness (QED) is 0.458. The lowest BCUT2D eigenvalue weighted by atomic mass is 10.0. The molecule has 4 aromatic rings. The Kier molecular flexibility index (Phi) is 5.05. The molecule has 2 heterocycles. The average molecular weight is 409 g/mol. The van der Waals surface area contributed by atoms with E-state index in [1.165, 1.54) is 6.33 Å². The molecule has 0 atom stereocenters. The molecule has 2 aromatic carbocycles. The van der Waals surface area contributed by atoms with Crippen LogP contribution in [-0.4, -0.2) is 25.6 Å². The molecular formula is C21H17ClN4O3. The van der Waals surface area contributed by atoms with E-state index >= 15 is 0 Å². The van der Waals surface area contributed by atoms with Crippen molar-refractivity contribution in [1.29, 1.82) is 0 Å². The fraction of sp³-hybridized carbons (Fsp3) is 0.0952. The summed E-state index contributed by atoms with van der Waals surface area (Å²) in [5, 5.41) is 9.77. The van der Waals surface area contributed by atoms with Gasteiger partial charge in [-0.3, -0.25) is 0 Å². The van der Waals surface area contributed by atoms with Crippen molar-refractivity contribution >= 4 is 34.3 Å². The lowest BCUT2D eigenvalue weighted by molar-refractivity contribution is 0.0695. The van der Waals surface area contributed by atoms with Crippen molar-refractivity contribution in [2.75, 3.05) is 5.73 Å². The number of carboxylic acids is 1. The van der Waals surface area contributed by atoms with Gasteiger partial charge in [0.1, 0.15) is 17.6 Å². The van der Waals surface area contributed by atoms with Crippen molar-refractivity contribution in [3.63, 3.8) is 0 Å². The predicted molar refractivity (Wildman–Crippen MR) is 111 cm³/mol. The monoisotopic (exact) mass is 408 g/mol. The minimum atomic E-state index is -0.939. The lowest BCUT2D eigenvalue weighted by Gasteiger charge is -2.11. The third-order valence-corrected chi connectivity index (χ3v) is 4.90. The second kappa shape index (κ2) is 7.81. The number of halogens is 1. The van der Waals surface area contributed by atoms with Gasteiger partial charge >= 0.3 is 5.97 Å². The standard InChI is InChI=1S/C21H17ClN4O3/c22-16-11-14(5-6-17(16)23)29-20-19-18(24-12-25-20)8-10-26(19)9-7-13-3-1-2-4-15(13)21(27)28/h1-6,8,10-12H,7,9,23H2,(H,27,28). The van der Waals surface area contributed by atoms with Gasteiger partial charge < -0.3 is 20.1 Å². The molecule has 0 radical (unpaired) electrons. The van der Waals surface area contributed by atoms with Gasteiger partial charge in [0.15, 0.2) is 0 Å². The maximum Gasteiger partial charge on any atom is 0.335 e. The maximum atomic E-state index is 11.4. The van der Waals surface area contributed by atoms with Crippen molar-refractivity contribution < 1.29 is 14.6 Å². The molecule has 0 unspecified atom stereocenters. The van der Waals surface area contributed by atoms with Gasteiger partial charge in [0, 0.05) is 18.8 Å². The zero-order chi connectivity index (χ0) is 20.4. The molecule has 4 rings (SSSR count). The predicted octanol–water partition coefficient (Wildman–Crippen LogP) is 4.40. The minimum absolute atomic E-state index is 0.299. The highest BCUT2D eigenvalue weighted by atomic mass is 35.5. The molecule has 0 saturated carbocycles. The number of nitrogens with two attached hydrogens (primary N) is 1. The van der Waals surface area contributed by atoms with Crippen LogP contribution in [0.5, 0.6) is 11.6 Å². The van der Waals surface area contributed by atoms with Crippen LogP contribution in [0.25, 0.3) is 11.0 Å². The molecule has 0 saturated heterocycles. The summed E-state index contributed by atoms with van der Waals surface area (Å²) in [7, 11) is 0. The first kappa shape index (κ1) is 18.8. The van der Waals surface area contributed by atoms with Crippen LogP contribution in [-0.2, 0) is 13.0 Å². The fourth-order valence-electron chi connectivity index (χ4n) is 3.13. The van der Waals surface area contributed by atoms with Gasteiger partial charge in [-0.05, 0) is 36.2 Å². The van der Waals surface area contributed by atoms with E-state index in [1.807, 2.05) is 29.0 Å². The van der Waals surface area contributed by atoms with Crippen LogP contribution in [0.4, 0.5) is 5.69 Å². The summed E-state index contributed by atoms with van der Waals surface area (Å²) in [5.74, 6) is -0.0499. The van der Waals surface area contributed by atoms with Crippen LogP contribution in [0.1, 0.15) is 15.9 Å². The summed E-state index contributed by atoms with van der Waals surface area (Å²) in [6.07, 6.45) is 3.85. The number of aryl methyl sites for hydroxylation is 2. The van der Waals surface area contributed by atoms with E-state index in [2.05, 4.69) is 9.97 Å². The van der Waals surface area contributed by atoms with E-state index in [4.69, 9.17) is 22.1 Å². The van der Waals surface area contributed by atoms with Gasteiger partial charge in [-0.15, -0.1) is 0 Å². The summed E-state index contributed by atoms with van der Waals surface area (Å²) in [5.41, 5.74) is 8.71. The Balaban J connectivity index is 1.64. The van der Waals surface area contributed by atoms with E-state index in [0.717, 1.165) is 11.1 Å². The number of nitrogens with zero attached hydrogens (tertiary/aromatic N) is 3. The van der Waals surface area contributed by atoms with E-state index in [1.54, 1.807) is 30.3 Å². The van der Waals surface area contributed by atoms with E-state index < -0.39 is 5.97 Å². The highest BCUT2D eigenvalue weighted by Crippen LogP contribution is 2.31. The molecule has 0 aliphatic heterocycles. The van der Waals surface area contributed by atoms with Gasteiger partial charge in [0.2, 0.25) is 5.88 Å². The molecule has 0 aliphatic rings. The molecule has 146 valence electrons. The van der Waals surface area contributed by atoms with Gasteiger partial charge in [0.25, 0.3) is 0 Å². The number of carboxylic acid groups (broad SMARTS) is 1. The number of rotatable bonds is 6. The number of hydrogen-bond acceptors (Lipinski definition) is 5. The Morgan fingerprint density at radius 3 is 2.79 bits per heavy atom. The number of ether oxygens (including phenoxy) is 1. The highest BCUT2D eigenvalue weighted by Gasteiger charge is 2.14. The minimum Gasteiger partial charge on any atom is -0.478 e. The molecule has 0 spiro atoms. The number of anilines is 1. The van der Waals surface area contributed by atoms with Crippen LogP contribution in [0, 0.1) is 0 Å². The van der Waals surface area contributed by atoms with Gasteiger partial charge in [-0.25, -0.2) is 9.78 Å². The first-order chi connectivity index (χ1) is 14.0. The first-order valence-electron chi connectivity index (χ1n) is 8.87. The van der Waals surface area contributed by atoms with Gasteiger partial charge in [0.05, 0.1) is 21.8 Å². The fourth-order valence-corrected chi connectivity index (χ4v) is 3.30. The Labute approximate surface area is 171 Å². The molecule has 8 heteroatoms. The van der Waals surface area contributed by atoms with Crippen LogP contribution < -0.4 is 10.5 Å². The average Bonchev–Trinajstić information content (AvgIpc) is 3.13. The lowest BCUT2D eigenvalue weighted by Crippen LogP contribution is -2.07. The molecule has 3 N–H and O–H groups in total. The Morgan fingerprint density at radius 2 is 2.00 bits per heavy atom. The van der Waals surface area contributed by atoms with Crippen LogP contribution in [0.3, 0.4) is 0 Å². The molecule has 29 heavy (non-hydrogen) atoms. The van der Waals surface area contributed by atoms with Crippen molar-refractivity contribution in [1.82, 2.24) is 14.5 Å². The third kappa shape index (κ3) is 3.86. The van der Waals surface area contributed by atoms with E-state index in [-0.39, 0.29) is 0 Å². The first-order valence-corrected chi connectivity index (χ1v) is 9.24. The number of hydrogen-bond donors (Lipinski definition) is 2. The number of aromatic carboxylic acids is 1. The summed E-state index contributed by atoms with van der Waals surface area (Å²) in [6.45, 7) is 0.542. The zero-order valence-corrected chi connectivity index (χ0v) is 16.0. The number of carbonyl (C=O) groups is 1. The van der Waals surface area contributed by atoms with Crippen molar-refractivity contribution in [3.05, 3.63) is 77.2 Å². The Morgan fingerprint density at radius 1 is 1.17 bits per heavy atom. The number of nitrogen functional groups attached to an aromatic ring is 1. The Bertz CT molecular complexity index is 1210. The SMILES string of the molecule is Nc1ccc(Oc2ncnc3ccn(CCc4ccccc4C(=O)O)c23)cc1Cl. The van der Waals surface area contributed by atoms with E-state index in [9.17, 15) is 9.90 Å². The Hall–Kier alpha value is -3.58. The summed E-state index contributed by atoms with van der Waals surface area (Å²) >= 11 is 6.08. The number of aromatic nitrogens is 3. The molecule has 0 aliphatic carbocycles. The number of fused-ring (bicyclic) bond motifs is 1. The van der Waals surface area contributed by atoms with Crippen molar-refractivity contribution in [3.8, 4) is 11.6 Å². The van der Waals surface area contributed by atoms with Crippen LogP contribution >= 0.6 is 11.6 Å². The van der Waals surface area contributed by atoms with Crippen molar-refractivity contribution in [2.45, 2.75) is 13.0 Å². The topological polar surface area (TPSA) is 103 Å². The highest BCUT2D eigenvalue weighted by molar-refractivity contribution is 6.33. The van der Waals surface area contributed by atoms with E-state index in [0.29, 0.717) is 46.4 Å². The van der Waals surface area contributed by atoms with Crippen molar-refractivity contribution in [2.24, 2.45) is 0 Å². The second-order valence-electron chi connectivity index (χ2n) is 6.42. The summed E-state index contributed by atoms with van der Waals surface area (Å²) < 4.78 is 7.88. The normalized spacial score (nSPS) is 10.9. The number of benzene rings is 2.